The summed E-state index contributed by atoms with van der Waals surface area (Å²) in [6, 6.07) is 10.9. The lowest BCUT2D eigenvalue weighted by Gasteiger charge is -2.14. The quantitative estimate of drug-likeness (QED) is 0.216. The Kier molecular flexibility index (Phi) is 16.4. The molecule has 0 bridgehead atoms. The lowest BCUT2D eigenvalue weighted by atomic mass is 9.92. The number of carboxylic acids is 1. The Balaban J connectivity index is 1.78. The highest BCUT2D eigenvalue weighted by Crippen LogP contribution is 2.20. The van der Waals surface area contributed by atoms with Gasteiger partial charge < -0.3 is 5.11 Å². The van der Waals surface area contributed by atoms with Crippen LogP contribution in [0.25, 0.3) is 0 Å². The summed E-state index contributed by atoms with van der Waals surface area (Å²) in [5.74, 6) is -0.254. The van der Waals surface area contributed by atoms with Crippen molar-refractivity contribution in [2.45, 2.75) is 123 Å². The molecule has 0 aromatic heterocycles. The number of hydrogen-bond donors (Lipinski definition) is 1. The van der Waals surface area contributed by atoms with Crippen molar-refractivity contribution in [1.82, 2.24) is 0 Å². The van der Waals surface area contributed by atoms with Gasteiger partial charge in [0, 0.05) is 0 Å². The third kappa shape index (κ3) is 15.5. The molecule has 0 heterocycles. The second-order valence-electron chi connectivity index (χ2n) is 9.64. The maximum absolute atomic E-state index is 11.3. The number of hydrogen-bond acceptors (Lipinski definition) is 1. The van der Waals surface area contributed by atoms with Crippen LogP contribution in [0.2, 0.25) is 0 Å². The van der Waals surface area contributed by atoms with E-state index < -0.39 is 5.97 Å². The van der Waals surface area contributed by atoms with E-state index in [1.807, 2.05) is 0 Å². The molecule has 1 aromatic carbocycles. The van der Waals surface area contributed by atoms with E-state index in [4.69, 9.17) is 0 Å². The van der Waals surface area contributed by atoms with Crippen molar-refractivity contribution in [2.24, 2.45) is 11.8 Å². The normalized spacial score (nSPS) is 12.4. The zero-order valence-corrected chi connectivity index (χ0v) is 19.9. The Morgan fingerprint density at radius 1 is 0.700 bits per heavy atom. The van der Waals surface area contributed by atoms with E-state index in [2.05, 4.69) is 44.2 Å². The van der Waals surface area contributed by atoms with E-state index in [-0.39, 0.29) is 5.92 Å². The Morgan fingerprint density at radius 3 is 1.57 bits per heavy atom. The molecule has 0 saturated carbocycles. The van der Waals surface area contributed by atoms with Crippen LogP contribution in [-0.2, 0) is 11.2 Å². The summed E-state index contributed by atoms with van der Waals surface area (Å²) >= 11 is 0. The van der Waals surface area contributed by atoms with Gasteiger partial charge in [-0.2, -0.15) is 0 Å². The molecule has 1 atom stereocenters. The van der Waals surface area contributed by atoms with E-state index in [0.717, 1.165) is 19.3 Å². The minimum Gasteiger partial charge on any atom is -0.481 e. The molecule has 0 radical (unpaired) electrons. The lowest BCUT2D eigenvalue weighted by molar-refractivity contribution is -0.142. The molecular weight excluding hydrogens is 368 g/mol. The van der Waals surface area contributed by atoms with E-state index in [1.54, 1.807) is 0 Å². The van der Waals surface area contributed by atoms with Crippen molar-refractivity contribution in [3.63, 3.8) is 0 Å². The third-order valence-electron chi connectivity index (χ3n) is 6.22. The van der Waals surface area contributed by atoms with Gasteiger partial charge in [-0.1, -0.05) is 128 Å². The molecule has 2 heteroatoms. The van der Waals surface area contributed by atoms with Crippen LogP contribution in [-0.4, -0.2) is 11.1 Å². The van der Waals surface area contributed by atoms with Crippen molar-refractivity contribution >= 4 is 5.97 Å². The zero-order chi connectivity index (χ0) is 21.9. The smallest absolute Gasteiger partial charge is 0.306 e. The van der Waals surface area contributed by atoms with Gasteiger partial charge in [0.2, 0.25) is 0 Å². The number of aryl methyl sites for hydroxylation is 1. The van der Waals surface area contributed by atoms with Gasteiger partial charge in [-0.15, -0.1) is 0 Å². The number of carboxylic acid groups (broad SMARTS) is 1. The molecule has 0 amide bonds. The van der Waals surface area contributed by atoms with Gasteiger partial charge >= 0.3 is 5.97 Å². The number of aliphatic carboxylic acids is 1. The van der Waals surface area contributed by atoms with Crippen LogP contribution in [0.3, 0.4) is 0 Å². The fraction of sp³-hybridized carbons (Fsp3) is 0.750. The second-order valence-corrected chi connectivity index (χ2v) is 9.64. The zero-order valence-electron chi connectivity index (χ0n) is 19.9. The molecule has 1 aromatic rings. The maximum atomic E-state index is 11.3. The first-order valence-corrected chi connectivity index (χ1v) is 12.9. The number of benzene rings is 1. The van der Waals surface area contributed by atoms with Gasteiger partial charge in [0.1, 0.15) is 0 Å². The van der Waals surface area contributed by atoms with E-state index in [0.29, 0.717) is 5.92 Å². The summed E-state index contributed by atoms with van der Waals surface area (Å²) in [6.07, 6.45) is 21.6. The molecule has 0 spiro atoms. The first-order valence-electron chi connectivity index (χ1n) is 12.9. The summed E-state index contributed by atoms with van der Waals surface area (Å²) in [7, 11) is 0. The van der Waals surface area contributed by atoms with Gasteiger partial charge in [0.15, 0.2) is 0 Å². The van der Waals surface area contributed by atoms with Crippen molar-refractivity contribution in [3.05, 3.63) is 35.9 Å². The molecule has 1 N–H and O–H groups in total. The number of rotatable bonds is 20. The molecular formula is C28H48O2. The van der Waals surface area contributed by atoms with Crippen molar-refractivity contribution in [2.75, 3.05) is 0 Å². The molecule has 172 valence electrons. The fourth-order valence-corrected chi connectivity index (χ4v) is 4.40. The summed E-state index contributed by atoms with van der Waals surface area (Å²) in [4.78, 5) is 11.3. The standard InChI is InChI=1S/C28H48O2/c1-25(2)24-27(28(29)30)23-19-14-12-10-8-6-4-3-5-7-9-11-13-16-20-26-21-17-15-18-22-26/h15,17-18,21-22,25,27H,3-14,16,19-20,23-24H2,1-2H3,(H,29,30). The third-order valence-corrected chi connectivity index (χ3v) is 6.22. The second kappa shape index (κ2) is 18.5. The van der Waals surface area contributed by atoms with Crippen LogP contribution in [0.15, 0.2) is 30.3 Å². The molecule has 2 nitrogen and oxygen atoms in total. The van der Waals surface area contributed by atoms with Crippen LogP contribution in [0.1, 0.15) is 122 Å². The van der Waals surface area contributed by atoms with Crippen LogP contribution in [0.5, 0.6) is 0 Å². The van der Waals surface area contributed by atoms with Gasteiger partial charge in [-0.3, -0.25) is 4.79 Å². The van der Waals surface area contributed by atoms with E-state index in [9.17, 15) is 9.90 Å². The summed E-state index contributed by atoms with van der Waals surface area (Å²) < 4.78 is 0. The topological polar surface area (TPSA) is 37.3 Å². The van der Waals surface area contributed by atoms with E-state index >= 15 is 0 Å². The molecule has 0 aliphatic heterocycles. The Hall–Kier alpha value is -1.31. The van der Waals surface area contributed by atoms with Crippen LogP contribution < -0.4 is 0 Å². The minimum atomic E-state index is -0.601. The molecule has 0 saturated heterocycles. The average molecular weight is 417 g/mol. The maximum Gasteiger partial charge on any atom is 0.306 e. The van der Waals surface area contributed by atoms with Crippen molar-refractivity contribution in [1.29, 1.82) is 0 Å². The van der Waals surface area contributed by atoms with Crippen molar-refractivity contribution in [3.8, 4) is 0 Å². The molecule has 1 unspecified atom stereocenters. The summed E-state index contributed by atoms with van der Waals surface area (Å²) in [5.41, 5.74) is 1.48. The predicted octanol–water partition coefficient (Wildman–Crippen LogP) is 8.83. The molecule has 30 heavy (non-hydrogen) atoms. The minimum absolute atomic E-state index is 0.131. The first-order chi connectivity index (χ1) is 14.6. The number of unbranched alkanes of at least 4 members (excludes halogenated alkanes) is 13. The van der Waals surface area contributed by atoms with Crippen LogP contribution >= 0.6 is 0 Å². The lowest BCUT2D eigenvalue weighted by Crippen LogP contribution is -2.15. The largest absolute Gasteiger partial charge is 0.481 e. The number of carbonyl (C=O) groups is 1. The molecule has 1 rings (SSSR count). The Bertz CT molecular complexity index is 509. The first kappa shape index (κ1) is 26.7. The van der Waals surface area contributed by atoms with Gasteiger partial charge in [0.25, 0.3) is 0 Å². The Labute approximate surface area is 186 Å². The molecule has 0 fully saturated rings. The van der Waals surface area contributed by atoms with Crippen molar-refractivity contribution < 1.29 is 9.90 Å². The van der Waals surface area contributed by atoms with E-state index in [1.165, 1.54) is 95.5 Å². The highest BCUT2D eigenvalue weighted by Gasteiger charge is 2.17. The summed E-state index contributed by atoms with van der Waals surface area (Å²) in [5, 5.41) is 9.28. The summed E-state index contributed by atoms with van der Waals surface area (Å²) in [6.45, 7) is 4.23. The van der Waals surface area contributed by atoms with Crippen LogP contribution in [0, 0.1) is 11.8 Å². The average Bonchev–Trinajstić information content (AvgIpc) is 2.73. The molecule has 0 aliphatic rings. The fourth-order valence-electron chi connectivity index (χ4n) is 4.40. The van der Waals surface area contributed by atoms with Crippen LogP contribution in [0.4, 0.5) is 0 Å². The highest BCUT2D eigenvalue weighted by molar-refractivity contribution is 5.69. The predicted molar refractivity (Wildman–Crippen MR) is 130 cm³/mol. The van der Waals surface area contributed by atoms with Gasteiger partial charge in [0.05, 0.1) is 5.92 Å². The van der Waals surface area contributed by atoms with Gasteiger partial charge in [-0.25, -0.2) is 0 Å². The molecule has 0 aliphatic carbocycles. The SMILES string of the molecule is CC(C)CC(CCCCCCCCCCCCCCCCc1ccccc1)C(=O)O. The Morgan fingerprint density at radius 2 is 1.13 bits per heavy atom. The highest BCUT2D eigenvalue weighted by atomic mass is 16.4. The van der Waals surface area contributed by atoms with Gasteiger partial charge in [-0.05, 0) is 37.2 Å². The monoisotopic (exact) mass is 416 g/mol.